The molecule has 0 unspecified atom stereocenters. The number of allylic oxidation sites excluding steroid dienone is 2. The average Bonchev–Trinajstić information content (AvgIpc) is 3.10. The van der Waals surface area contributed by atoms with E-state index in [1.807, 2.05) is 24.3 Å². The molecule has 2 heteroatoms. The van der Waals surface area contributed by atoms with E-state index in [0.29, 0.717) is 0 Å². The Kier molecular flexibility index (Phi) is 2.11. The van der Waals surface area contributed by atoms with Crippen molar-refractivity contribution in [1.82, 2.24) is 0 Å². The Balaban J connectivity index is 2.08. The van der Waals surface area contributed by atoms with Gasteiger partial charge in [0, 0.05) is 0 Å². The highest BCUT2D eigenvalue weighted by atomic mass is 19.1. The predicted molar refractivity (Wildman–Crippen MR) is 62.7 cm³/mol. The first-order chi connectivity index (χ1) is 8.21. The van der Waals surface area contributed by atoms with Gasteiger partial charge in [-0.05, 0) is 35.4 Å². The van der Waals surface area contributed by atoms with E-state index in [4.69, 9.17) is 0 Å². The van der Waals surface area contributed by atoms with Gasteiger partial charge >= 0.3 is 0 Å². The summed E-state index contributed by atoms with van der Waals surface area (Å²) in [6.07, 6.45) is 3.91. The van der Waals surface area contributed by atoms with Crippen molar-refractivity contribution in [3.63, 3.8) is 0 Å². The lowest BCUT2D eigenvalue weighted by atomic mass is 9.86. The predicted octanol–water partition coefficient (Wildman–Crippen LogP) is 3.82. The highest BCUT2D eigenvalue weighted by molar-refractivity contribution is 5.58. The molecule has 0 fully saturated rings. The maximum absolute atomic E-state index is 13.2. The molecule has 1 aliphatic carbocycles. The van der Waals surface area contributed by atoms with Gasteiger partial charge in [0.15, 0.2) is 0 Å². The molecule has 0 aliphatic heterocycles. The van der Waals surface area contributed by atoms with Gasteiger partial charge in [-0.1, -0.05) is 36.4 Å². The zero-order chi connectivity index (χ0) is 11.9. The van der Waals surface area contributed by atoms with Crippen molar-refractivity contribution in [3.8, 4) is 0 Å². The molecule has 0 bridgehead atoms. The van der Waals surface area contributed by atoms with Crippen LogP contribution in [0.15, 0.2) is 60.7 Å². The Morgan fingerprint density at radius 2 is 1.18 bits per heavy atom. The molecule has 0 N–H and O–H groups in total. The van der Waals surface area contributed by atoms with Crippen molar-refractivity contribution in [2.24, 2.45) is 0 Å². The van der Waals surface area contributed by atoms with E-state index in [0.717, 1.165) is 11.1 Å². The minimum absolute atomic E-state index is 0.271. The minimum Gasteiger partial charge on any atom is -0.207 e. The molecule has 1 aliphatic rings. The average molecular weight is 228 g/mol. The Hall–Kier alpha value is -1.96. The van der Waals surface area contributed by atoms with Crippen LogP contribution in [0.4, 0.5) is 8.78 Å². The summed E-state index contributed by atoms with van der Waals surface area (Å²) in [5, 5.41) is 0. The molecule has 0 heterocycles. The van der Waals surface area contributed by atoms with Gasteiger partial charge in [0.1, 0.15) is 11.6 Å². The number of hydrogen-bond donors (Lipinski definition) is 0. The summed E-state index contributed by atoms with van der Waals surface area (Å²) in [4.78, 5) is 0. The Morgan fingerprint density at radius 3 is 1.53 bits per heavy atom. The summed E-state index contributed by atoms with van der Waals surface area (Å²) in [6.45, 7) is 0. The molecular weight excluding hydrogens is 218 g/mol. The monoisotopic (exact) mass is 228 g/mol. The van der Waals surface area contributed by atoms with Crippen molar-refractivity contribution >= 4 is 0 Å². The zero-order valence-electron chi connectivity index (χ0n) is 9.03. The second-order valence-corrected chi connectivity index (χ2v) is 4.22. The van der Waals surface area contributed by atoms with Crippen LogP contribution in [0, 0.1) is 11.6 Å². The smallest absolute Gasteiger partial charge is 0.123 e. The van der Waals surface area contributed by atoms with Gasteiger partial charge in [0.25, 0.3) is 0 Å². The fourth-order valence-electron chi connectivity index (χ4n) is 2.13. The maximum atomic E-state index is 13.2. The van der Waals surface area contributed by atoms with E-state index < -0.39 is 5.41 Å². The van der Waals surface area contributed by atoms with E-state index in [9.17, 15) is 8.78 Å². The van der Waals surface area contributed by atoms with Gasteiger partial charge < -0.3 is 0 Å². The highest BCUT2D eigenvalue weighted by Gasteiger charge is 2.38. The van der Waals surface area contributed by atoms with Crippen LogP contribution in [0.3, 0.4) is 0 Å². The summed E-state index contributed by atoms with van der Waals surface area (Å²) in [6, 6.07) is 12.9. The van der Waals surface area contributed by atoms with Gasteiger partial charge in [-0.3, -0.25) is 0 Å². The van der Waals surface area contributed by atoms with Crippen molar-refractivity contribution in [2.45, 2.75) is 5.41 Å². The second kappa shape index (κ2) is 3.52. The lowest BCUT2D eigenvalue weighted by molar-refractivity contribution is 0.620. The molecule has 0 nitrogen and oxygen atoms in total. The third kappa shape index (κ3) is 1.66. The number of rotatable bonds is 2. The van der Waals surface area contributed by atoms with E-state index in [1.165, 1.54) is 24.3 Å². The molecular formula is C15H10F2. The molecule has 0 amide bonds. The number of benzene rings is 2. The van der Waals surface area contributed by atoms with E-state index in [-0.39, 0.29) is 11.6 Å². The molecule has 0 atom stereocenters. The molecule has 0 radical (unpaired) electrons. The maximum Gasteiger partial charge on any atom is 0.123 e. The van der Waals surface area contributed by atoms with Crippen molar-refractivity contribution < 1.29 is 8.78 Å². The molecule has 17 heavy (non-hydrogen) atoms. The molecule has 2 aromatic carbocycles. The van der Waals surface area contributed by atoms with Crippen LogP contribution < -0.4 is 0 Å². The fraction of sp³-hybridized carbons (Fsp3) is 0.0667. The van der Waals surface area contributed by atoms with Crippen molar-refractivity contribution in [1.29, 1.82) is 0 Å². The van der Waals surface area contributed by atoms with Gasteiger partial charge in [-0.2, -0.15) is 0 Å². The topological polar surface area (TPSA) is 0 Å². The quantitative estimate of drug-likeness (QED) is 0.685. The molecule has 0 spiro atoms. The van der Waals surface area contributed by atoms with Crippen molar-refractivity contribution in [2.75, 3.05) is 0 Å². The number of halogens is 2. The summed E-state index contributed by atoms with van der Waals surface area (Å²) in [5.74, 6) is -0.543. The summed E-state index contributed by atoms with van der Waals surface area (Å²) >= 11 is 0. The Bertz CT molecular complexity index is 546. The first-order valence-electron chi connectivity index (χ1n) is 5.43. The zero-order valence-corrected chi connectivity index (χ0v) is 9.03. The third-order valence-corrected chi connectivity index (χ3v) is 3.10. The molecule has 0 saturated heterocycles. The summed E-state index contributed by atoms with van der Waals surface area (Å²) < 4.78 is 26.4. The van der Waals surface area contributed by atoms with Crippen LogP contribution >= 0.6 is 0 Å². The summed E-state index contributed by atoms with van der Waals surface area (Å²) in [5.41, 5.74) is 1.26. The standard InChI is InChI=1S/C15H10F2/c16-13-5-1-3-11(9-13)15(7-8-15)12-4-2-6-14(17)10-12/h1-10H. The SMILES string of the molecule is Fc1cccc(C2(c3cccc(F)c3)C=C2)c1. The highest BCUT2D eigenvalue weighted by Crippen LogP contribution is 2.45. The van der Waals surface area contributed by atoms with Crippen LogP contribution in [-0.2, 0) is 5.41 Å². The summed E-state index contributed by atoms with van der Waals surface area (Å²) in [7, 11) is 0. The molecule has 0 aromatic heterocycles. The van der Waals surface area contributed by atoms with Gasteiger partial charge in [-0.15, -0.1) is 0 Å². The van der Waals surface area contributed by atoms with E-state index >= 15 is 0 Å². The van der Waals surface area contributed by atoms with Gasteiger partial charge in [0.05, 0.1) is 5.41 Å². The largest absolute Gasteiger partial charge is 0.207 e. The lowest BCUT2D eigenvalue weighted by Crippen LogP contribution is -2.11. The minimum atomic E-state index is -0.412. The molecule has 2 aromatic rings. The number of hydrogen-bond acceptors (Lipinski definition) is 0. The van der Waals surface area contributed by atoms with Crippen molar-refractivity contribution in [3.05, 3.63) is 83.4 Å². The van der Waals surface area contributed by atoms with Crippen LogP contribution in [-0.4, -0.2) is 0 Å². The van der Waals surface area contributed by atoms with Crippen LogP contribution in [0.2, 0.25) is 0 Å². The first kappa shape index (κ1) is 10.2. The van der Waals surface area contributed by atoms with Gasteiger partial charge in [0.2, 0.25) is 0 Å². The molecule has 84 valence electrons. The van der Waals surface area contributed by atoms with E-state index in [1.54, 1.807) is 12.1 Å². The van der Waals surface area contributed by atoms with Gasteiger partial charge in [-0.25, -0.2) is 8.78 Å². The first-order valence-corrected chi connectivity index (χ1v) is 5.43. The fourth-order valence-corrected chi connectivity index (χ4v) is 2.13. The lowest BCUT2D eigenvalue weighted by Gasteiger charge is -2.17. The second-order valence-electron chi connectivity index (χ2n) is 4.22. The molecule has 3 rings (SSSR count). The normalized spacial score (nSPS) is 15.9. The van der Waals surface area contributed by atoms with Crippen LogP contribution in [0.25, 0.3) is 0 Å². The Morgan fingerprint density at radius 1 is 0.706 bits per heavy atom. The van der Waals surface area contributed by atoms with Crippen LogP contribution in [0.1, 0.15) is 11.1 Å². The van der Waals surface area contributed by atoms with Crippen LogP contribution in [0.5, 0.6) is 0 Å². The third-order valence-electron chi connectivity index (χ3n) is 3.10. The Labute approximate surface area is 98.2 Å². The van der Waals surface area contributed by atoms with E-state index in [2.05, 4.69) is 0 Å². The molecule has 0 saturated carbocycles.